The van der Waals surface area contributed by atoms with Crippen molar-refractivity contribution in [2.45, 2.75) is 58.2 Å². The Balaban J connectivity index is 2.11. The summed E-state index contributed by atoms with van der Waals surface area (Å²) in [5.74, 6) is 0. The summed E-state index contributed by atoms with van der Waals surface area (Å²) in [6.07, 6.45) is 5.15. The van der Waals surface area contributed by atoms with Crippen molar-refractivity contribution in [1.82, 2.24) is 5.32 Å². The van der Waals surface area contributed by atoms with Crippen molar-refractivity contribution in [3.05, 3.63) is 28.2 Å². The van der Waals surface area contributed by atoms with Crippen molar-refractivity contribution in [3.8, 4) is 0 Å². The van der Waals surface area contributed by atoms with Gasteiger partial charge in [0.1, 0.15) is 0 Å². The van der Waals surface area contributed by atoms with E-state index in [9.17, 15) is 0 Å². The number of halogens is 1. The maximum Gasteiger partial charge on any atom is 0.0412 e. The van der Waals surface area contributed by atoms with Crippen LogP contribution in [-0.4, -0.2) is 19.1 Å². The molecule has 1 aliphatic rings. The first-order valence-electron chi connectivity index (χ1n) is 7.36. The molecule has 1 aromatic carbocycles. The number of nitrogens with zero attached hydrogens (tertiary/aromatic N) is 1. The van der Waals surface area contributed by atoms with E-state index in [-0.39, 0.29) is 0 Å². The normalized spacial score (nSPS) is 16.4. The van der Waals surface area contributed by atoms with Gasteiger partial charge in [0.15, 0.2) is 0 Å². The van der Waals surface area contributed by atoms with Gasteiger partial charge in [-0.3, -0.25) is 0 Å². The van der Waals surface area contributed by atoms with Gasteiger partial charge in [-0.2, -0.15) is 0 Å². The first kappa shape index (κ1) is 14.9. The van der Waals surface area contributed by atoms with Crippen LogP contribution < -0.4 is 10.2 Å². The van der Waals surface area contributed by atoms with E-state index in [0.717, 1.165) is 12.6 Å². The number of hydrogen-bond acceptors (Lipinski definition) is 2. The standard InChI is InChI=1S/C16H25BrN2/c1-4-5-12(2)19(3)16-9-6-14(17)10-13(16)11-18-15-7-8-15/h6,9-10,12,15,18H,4-5,7-8,11H2,1-3H3. The van der Waals surface area contributed by atoms with Gasteiger partial charge in [-0.25, -0.2) is 0 Å². The van der Waals surface area contributed by atoms with Crippen molar-refractivity contribution in [1.29, 1.82) is 0 Å². The van der Waals surface area contributed by atoms with E-state index in [1.807, 2.05) is 0 Å². The van der Waals surface area contributed by atoms with E-state index in [0.29, 0.717) is 6.04 Å². The molecule has 0 aromatic heterocycles. The molecule has 1 aliphatic carbocycles. The number of nitrogens with one attached hydrogen (secondary N) is 1. The molecule has 1 atom stereocenters. The molecule has 2 nitrogen and oxygen atoms in total. The van der Waals surface area contributed by atoms with E-state index in [1.54, 1.807) is 0 Å². The lowest BCUT2D eigenvalue weighted by atomic mass is 10.1. The Morgan fingerprint density at radius 1 is 1.42 bits per heavy atom. The minimum absolute atomic E-state index is 0.589. The van der Waals surface area contributed by atoms with Crippen LogP contribution in [0, 0.1) is 0 Å². The van der Waals surface area contributed by atoms with Crippen LogP contribution >= 0.6 is 15.9 Å². The lowest BCUT2D eigenvalue weighted by molar-refractivity contribution is 0.610. The Morgan fingerprint density at radius 2 is 2.16 bits per heavy atom. The van der Waals surface area contributed by atoms with Crippen molar-refractivity contribution >= 4 is 21.6 Å². The summed E-state index contributed by atoms with van der Waals surface area (Å²) >= 11 is 3.59. The third-order valence-electron chi connectivity index (χ3n) is 3.95. The Hall–Kier alpha value is -0.540. The fraction of sp³-hybridized carbons (Fsp3) is 0.625. The summed E-state index contributed by atoms with van der Waals surface area (Å²) in [5.41, 5.74) is 2.75. The van der Waals surface area contributed by atoms with E-state index in [1.165, 1.54) is 41.4 Å². The first-order chi connectivity index (χ1) is 9.11. The molecule has 0 aliphatic heterocycles. The van der Waals surface area contributed by atoms with Crippen LogP contribution in [0.2, 0.25) is 0 Å². The van der Waals surface area contributed by atoms with E-state index < -0.39 is 0 Å². The van der Waals surface area contributed by atoms with Crippen molar-refractivity contribution in [2.24, 2.45) is 0 Å². The fourth-order valence-corrected chi connectivity index (χ4v) is 2.84. The second kappa shape index (κ2) is 6.76. The monoisotopic (exact) mass is 324 g/mol. The molecule has 0 amide bonds. The molecule has 1 unspecified atom stereocenters. The molecule has 0 heterocycles. The van der Waals surface area contributed by atoms with Crippen LogP contribution in [0.1, 0.15) is 45.1 Å². The molecule has 1 fully saturated rings. The maximum atomic E-state index is 3.62. The van der Waals surface area contributed by atoms with Crippen LogP contribution in [0.3, 0.4) is 0 Å². The molecule has 1 N–H and O–H groups in total. The van der Waals surface area contributed by atoms with E-state index >= 15 is 0 Å². The smallest absolute Gasteiger partial charge is 0.0412 e. The Kier molecular flexibility index (Phi) is 5.28. The van der Waals surface area contributed by atoms with E-state index in [4.69, 9.17) is 0 Å². The van der Waals surface area contributed by atoms with Gasteiger partial charge in [-0.05, 0) is 49.9 Å². The Labute approximate surface area is 125 Å². The second-order valence-electron chi connectivity index (χ2n) is 5.68. The minimum atomic E-state index is 0.589. The van der Waals surface area contributed by atoms with E-state index in [2.05, 4.69) is 65.2 Å². The summed E-state index contributed by atoms with van der Waals surface area (Å²) in [4.78, 5) is 2.42. The Bertz CT molecular complexity index is 415. The zero-order valence-electron chi connectivity index (χ0n) is 12.2. The van der Waals surface area contributed by atoms with Crippen molar-refractivity contribution < 1.29 is 0 Å². The van der Waals surface area contributed by atoms with Gasteiger partial charge < -0.3 is 10.2 Å². The Morgan fingerprint density at radius 3 is 2.79 bits per heavy atom. The van der Waals surface area contributed by atoms with Gasteiger partial charge >= 0.3 is 0 Å². The van der Waals surface area contributed by atoms with Crippen molar-refractivity contribution in [3.63, 3.8) is 0 Å². The van der Waals surface area contributed by atoms with Gasteiger partial charge in [0.2, 0.25) is 0 Å². The average molecular weight is 325 g/mol. The third kappa shape index (κ3) is 4.22. The highest BCUT2D eigenvalue weighted by molar-refractivity contribution is 9.10. The van der Waals surface area contributed by atoms with Gasteiger partial charge in [0, 0.05) is 35.8 Å². The molecule has 0 spiro atoms. The van der Waals surface area contributed by atoms with Crippen LogP contribution in [-0.2, 0) is 6.54 Å². The topological polar surface area (TPSA) is 15.3 Å². The fourth-order valence-electron chi connectivity index (χ4n) is 2.43. The minimum Gasteiger partial charge on any atom is -0.372 e. The second-order valence-corrected chi connectivity index (χ2v) is 6.59. The lowest BCUT2D eigenvalue weighted by Crippen LogP contribution is -2.30. The highest BCUT2D eigenvalue weighted by atomic mass is 79.9. The summed E-state index contributed by atoms with van der Waals surface area (Å²) in [7, 11) is 2.21. The summed E-state index contributed by atoms with van der Waals surface area (Å²) in [6, 6.07) is 7.97. The van der Waals surface area contributed by atoms with Gasteiger partial charge in [-0.15, -0.1) is 0 Å². The van der Waals surface area contributed by atoms with Gasteiger partial charge in [0.25, 0.3) is 0 Å². The highest BCUT2D eigenvalue weighted by Gasteiger charge is 2.21. The molecular weight excluding hydrogens is 300 g/mol. The number of benzene rings is 1. The van der Waals surface area contributed by atoms with Crippen LogP contribution in [0.4, 0.5) is 5.69 Å². The predicted molar refractivity (Wildman–Crippen MR) is 86.8 cm³/mol. The molecule has 0 saturated heterocycles. The zero-order chi connectivity index (χ0) is 13.8. The number of rotatable bonds is 7. The van der Waals surface area contributed by atoms with Crippen molar-refractivity contribution in [2.75, 3.05) is 11.9 Å². The maximum absolute atomic E-state index is 3.62. The summed E-state index contributed by atoms with van der Waals surface area (Å²) in [5, 5.41) is 3.62. The molecular formula is C16H25BrN2. The first-order valence-corrected chi connectivity index (χ1v) is 8.15. The molecule has 3 heteroatoms. The number of hydrogen-bond donors (Lipinski definition) is 1. The molecule has 1 aromatic rings. The largest absolute Gasteiger partial charge is 0.372 e. The summed E-state index contributed by atoms with van der Waals surface area (Å²) < 4.78 is 1.17. The van der Waals surface area contributed by atoms with Crippen LogP contribution in [0.15, 0.2) is 22.7 Å². The zero-order valence-corrected chi connectivity index (χ0v) is 13.8. The molecule has 19 heavy (non-hydrogen) atoms. The van der Waals surface area contributed by atoms with Crippen LogP contribution in [0.5, 0.6) is 0 Å². The predicted octanol–water partition coefficient (Wildman–Crippen LogP) is 4.33. The molecule has 106 valence electrons. The molecule has 0 radical (unpaired) electrons. The SMILES string of the molecule is CCCC(C)N(C)c1ccc(Br)cc1CNC1CC1. The quantitative estimate of drug-likeness (QED) is 0.803. The van der Waals surface area contributed by atoms with Gasteiger partial charge in [0.05, 0.1) is 0 Å². The molecule has 0 bridgehead atoms. The molecule has 2 rings (SSSR count). The average Bonchev–Trinajstić information content (AvgIpc) is 3.20. The summed E-state index contributed by atoms with van der Waals surface area (Å²) in [6.45, 7) is 5.54. The number of anilines is 1. The lowest BCUT2D eigenvalue weighted by Gasteiger charge is -2.29. The highest BCUT2D eigenvalue weighted by Crippen LogP contribution is 2.27. The van der Waals surface area contributed by atoms with Crippen LogP contribution in [0.25, 0.3) is 0 Å². The van der Waals surface area contributed by atoms with Gasteiger partial charge in [-0.1, -0.05) is 29.3 Å². The third-order valence-corrected chi connectivity index (χ3v) is 4.44. The molecule has 1 saturated carbocycles.